The van der Waals surface area contributed by atoms with E-state index in [-0.39, 0.29) is 0 Å². The van der Waals surface area contributed by atoms with Crippen molar-refractivity contribution in [3.05, 3.63) is 35.5 Å². The zero-order valence-electron chi connectivity index (χ0n) is 15.3. The molecule has 0 aliphatic carbocycles. The van der Waals surface area contributed by atoms with Crippen LogP contribution in [-0.2, 0) is 6.54 Å². The number of aromatic nitrogens is 3. The van der Waals surface area contributed by atoms with Crippen LogP contribution in [0.5, 0.6) is 0 Å². The molecule has 0 fully saturated rings. The molecule has 1 aromatic heterocycles. The number of nitrogens with zero attached hydrogens (tertiary/aromatic N) is 2. The van der Waals surface area contributed by atoms with E-state index in [0.29, 0.717) is 0 Å². The monoisotopic (exact) mass is 328 g/mol. The van der Waals surface area contributed by atoms with Crippen molar-refractivity contribution < 1.29 is 0 Å². The number of H-pyrrole nitrogens is 1. The van der Waals surface area contributed by atoms with Gasteiger partial charge in [0.25, 0.3) is 0 Å². The average Bonchev–Trinajstić information content (AvgIpc) is 3.05. The van der Waals surface area contributed by atoms with Crippen LogP contribution in [0, 0.1) is 6.92 Å². The third kappa shape index (κ3) is 6.08. The molecule has 0 amide bonds. The summed E-state index contributed by atoms with van der Waals surface area (Å²) in [4.78, 5) is 0. The summed E-state index contributed by atoms with van der Waals surface area (Å²) in [6.07, 6.45) is 10.9. The van der Waals surface area contributed by atoms with Gasteiger partial charge in [-0.25, -0.2) is 0 Å². The van der Waals surface area contributed by atoms with E-state index in [1.165, 1.54) is 56.9 Å². The summed E-state index contributed by atoms with van der Waals surface area (Å²) in [6, 6.07) is 8.32. The molecular formula is C20H32N4. The van der Waals surface area contributed by atoms with Gasteiger partial charge >= 0.3 is 0 Å². The molecule has 2 aromatic rings. The molecule has 1 aromatic carbocycles. The molecule has 0 atom stereocenters. The number of rotatable bonds is 12. The molecule has 0 radical (unpaired) electrons. The molecule has 4 nitrogen and oxygen atoms in total. The molecule has 0 spiro atoms. The fourth-order valence-electron chi connectivity index (χ4n) is 3.02. The van der Waals surface area contributed by atoms with Crippen LogP contribution in [0.15, 0.2) is 24.3 Å². The highest BCUT2D eigenvalue weighted by Crippen LogP contribution is 2.22. The van der Waals surface area contributed by atoms with Crippen LogP contribution >= 0.6 is 0 Å². The Labute approximate surface area is 146 Å². The van der Waals surface area contributed by atoms with E-state index in [4.69, 9.17) is 0 Å². The van der Waals surface area contributed by atoms with Crippen molar-refractivity contribution >= 4 is 0 Å². The predicted octanol–water partition coefficient (Wildman–Crippen LogP) is 5.01. The Bertz CT molecular complexity index is 577. The Balaban J connectivity index is 1.64. The van der Waals surface area contributed by atoms with Crippen molar-refractivity contribution in [1.82, 2.24) is 20.7 Å². The fourth-order valence-corrected chi connectivity index (χ4v) is 3.02. The molecular weight excluding hydrogens is 296 g/mol. The molecule has 0 aliphatic heterocycles. The summed E-state index contributed by atoms with van der Waals surface area (Å²) in [5, 5.41) is 14.8. The first kappa shape index (κ1) is 18.7. The third-order valence-electron chi connectivity index (χ3n) is 4.53. The Kier molecular flexibility index (Phi) is 8.53. The van der Waals surface area contributed by atoms with Gasteiger partial charge in [0.2, 0.25) is 0 Å². The average molecular weight is 329 g/mol. The van der Waals surface area contributed by atoms with Gasteiger partial charge in [-0.15, -0.1) is 5.10 Å². The van der Waals surface area contributed by atoms with Gasteiger partial charge < -0.3 is 5.32 Å². The minimum Gasteiger partial charge on any atom is -0.311 e. The minimum atomic E-state index is 0.799. The van der Waals surface area contributed by atoms with Crippen LogP contribution in [0.2, 0.25) is 0 Å². The Morgan fingerprint density at radius 2 is 1.67 bits per heavy atom. The van der Waals surface area contributed by atoms with E-state index in [0.717, 1.165) is 30.0 Å². The number of aryl methyl sites for hydroxylation is 1. The lowest BCUT2D eigenvalue weighted by atomic mass is 10.0. The van der Waals surface area contributed by atoms with E-state index in [1.54, 1.807) is 0 Å². The summed E-state index contributed by atoms with van der Waals surface area (Å²) in [7, 11) is 0. The van der Waals surface area contributed by atoms with Crippen LogP contribution in [0.1, 0.15) is 69.5 Å². The molecule has 2 rings (SSSR count). The van der Waals surface area contributed by atoms with Crippen molar-refractivity contribution in [3.63, 3.8) is 0 Å². The minimum absolute atomic E-state index is 0.799. The normalized spacial score (nSPS) is 11.1. The summed E-state index contributed by atoms with van der Waals surface area (Å²) in [5.41, 5.74) is 4.44. The first-order chi connectivity index (χ1) is 11.8. The quantitative estimate of drug-likeness (QED) is 0.538. The zero-order chi connectivity index (χ0) is 17.0. The van der Waals surface area contributed by atoms with E-state index in [2.05, 4.69) is 58.8 Å². The summed E-state index contributed by atoms with van der Waals surface area (Å²) < 4.78 is 0. The molecule has 0 bridgehead atoms. The number of benzene rings is 1. The number of hydrogen-bond donors (Lipinski definition) is 2. The highest BCUT2D eigenvalue weighted by atomic mass is 15.3. The first-order valence-corrected chi connectivity index (χ1v) is 9.49. The number of hydrogen-bond acceptors (Lipinski definition) is 3. The first-order valence-electron chi connectivity index (χ1n) is 9.49. The SMILES string of the molecule is CCCCCCCCCCNCc1[nH]nnc1-c1ccccc1C. The number of unbranched alkanes of at least 4 members (excludes halogenated alkanes) is 7. The van der Waals surface area contributed by atoms with Gasteiger partial charge in [-0.2, -0.15) is 0 Å². The van der Waals surface area contributed by atoms with Gasteiger partial charge in [-0.05, 0) is 25.5 Å². The van der Waals surface area contributed by atoms with E-state index >= 15 is 0 Å². The topological polar surface area (TPSA) is 53.6 Å². The lowest BCUT2D eigenvalue weighted by Crippen LogP contribution is -2.15. The zero-order valence-corrected chi connectivity index (χ0v) is 15.3. The predicted molar refractivity (Wildman–Crippen MR) is 101 cm³/mol. The Hall–Kier alpha value is -1.68. The van der Waals surface area contributed by atoms with E-state index in [9.17, 15) is 0 Å². The summed E-state index contributed by atoms with van der Waals surface area (Å²) >= 11 is 0. The molecule has 4 heteroatoms. The standard InChI is InChI=1S/C20H32N4/c1-3-4-5-6-7-8-9-12-15-21-16-19-20(23-24-22-19)18-14-11-10-13-17(18)2/h10-11,13-14,21H,3-9,12,15-16H2,1-2H3,(H,22,23,24). The third-order valence-corrected chi connectivity index (χ3v) is 4.53. The molecule has 0 saturated carbocycles. The highest BCUT2D eigenvalue weighted by Gasteiger charge is 2.10. The van der Waals surface area contributed by atoms with Gasteiger partial charge in [0.05, 0.1) is 5.69 Å². The smallest absolute Gasteiger partial charge is 0.117 e. The highest BCUT2D eigenvalue weighted by molar-refractivity contribution is 5.64. The molecule has 0 aliphatic rings. The van der Waals surface area contributed by atoms with Crippen molar-refractivity contribution in [1.29, 1.82) is 0 Å². The van der Waals surface area contributed by atoms with Gasteiger partial charge in [-0.3, -0.25) is 5.10 Å². The van der Waals surface area contributed by atoms with Crippen molar-refractivity contribution in [2.75, 3.05) is 6.54 Å². The second-order valence-corrected chi connectivity index (χ2v) is 6.61. The van der Waals surface area contributed by atoms with Crippen LogP contribution in [0.4, 0.5) is 0 Å². The van der Waals surface area contributed by atoms with Gasteiger partial charge in [-0.1, -0.05) is 81.3 Å². The molecule has 0 saturated heterocycles. The maximum Gasteiger partial charge on any atom is 0.117 e. The van der Waals surface area contributed by atoms with Gasteiger partial charge in [0, 0.05) is 12.1 Å². The number of nitrogens with one attached hydrogen (secondary N) is 2. The second-order valence-electron chi connectivity index (χ2n) is 6.61. The molecule has 1 heterocycles. The molecule has 2 N–H and O–H groups in total. The van der Waals surface area contributed by atoms with Crippen molar-refractivity contribution in [2.24, 2.45) is 0 Å². The lowest BCUT2D eigenvalue weighted by Gasteiger charge is -2.07. The number of aromatic amines is 1. The van der Waals surface area contributed by atoms with Gasteiger partial charge in [0.1, 0.15) is 5.69 Å². The summed E-state index contributed by atoms with van der Waals surface area (Å²) in [6.45, 7) is 6.24. The summed E-state index contributed by atoms with van der Waals surface area (Å²) in [5.74, 6) is 0. The second kappa shape index (κ2) is 11.0. The largest absolute Gasteiger partial charge is 0.311 e. The van der Waals surface area contributed by atoms with Gasteiger partial charge in [0.15, 0.2) is 0 Å². The maximum absolute atomic E-state index is 4.27. The fraction of sp³-hybridized carbons (Fsp3) is 0.600. The Morgan fingerprint density at radius 3 is 2.42 bits per heavy atom. The lowest BCUT2D eigenvalue weighted by molar-refractivity contribution is 0.553. The van der Waals surface area contributed by atoms with Crippen LogP contribution in [0.25, 0.3) is 11.3 Å². The maximum atomic E-state index is 4.27. The molecule has 132 valence electrons. The van der Waals surface area contributed by atoms with Crippen LogP contribution < -0.4 is 5.32 Å². The molecule has 24 heavy (non-hydrogen) atoms. The van der Waals surface area contributed by atoms with Crippen molar-refractivity contribution in [2.45, 2.75) is 71.8 Å². The van der Waals surface area contributed by atoms with Crippen LogP contribution in [0.3, 0.4) is 0 Å². The molecule has 0 unspecified atom stereocenters. The Morgan fingerprint density at radius 1 is 0.958 bits per heavy atom. The van der Waals surface area contributed by atoms with E-state index < -0.39 is 0 Å². The van der Waals surface area contributed by atoms with Crippen molar-refractivity contribution in [3.8, 4) is 11.3 Å². The van der Waals surface area contributed by atoms with Crippen LogP contribution in [-0.4, -0.2) is 22.0 Å². The van der Waals surface area contributed by atoms with E-state index in [1.807, 2.05) is 0 Å².